The number of nitrogens with two attached hydrogens (primary N) is 1. The summed E-state index contributed by atoms with van der Waals surface area (Å²) in [4.78, 5) is 21.5. The number of nitrogens with zero attached hydrogens (tertiary/aromatic N) is 1. The second kappa shape index (κ2) is 5.85. The second-order valence-electron chi connectivity index (χ2n) is 4.15. The predicted molar refractivity (Wildman–Crippen MR) is 69.3 cm³/mol. The van der Waals surface area contributed by atoms with E-state index in [1.807, 2.05) is 13.8 Å². The Bertz CT molecular complexity index is 460. The SMILES string of the molecule is CC(C)NC(=O)CNc1cc(N)cc([N+](=O)[O-])c1. The number of anilines is 2. The summed E-state index contributed by atoms with van der Waals surface area (Å²) in [6.07, 6.45) is 0. The molecule has 7 heteroatoms. The molecule has 0 saturated heterocycles. The Morgan fingerprint density at radius 2 is 2.11 bits per heavy atom. The van der Waals surface area contributed by atoms with Crippen molar-refractivity contribution in [2.75, 3.05) is 17.6 Å². The van der Waals surface area contributed by atoms with Crippen molar-refractivity contribution in [2.24, 2.45) is 0 Å². The van der Waals surface area contributed by atoms with Gasteiger partial charge in [-0.05, 0) is 19.9 Å². The lowest BCUT2D eigenvalue weighted by Gasteiger charge is -2.10. The molecule has 1 aromatic rings. The van der Waals surface area contributed by atoms with Crippen LogP contribution in [-0.4, -0.2) is 23.4 Å². The molecular formula is C11H16N4O3. The van der Waals surface area contributed by atoms with Gasteiger partial charge in [0.1, 0.15) is 0 Å². The van der Waals surface area contributed by atoms with Crippen LogP contribution in [0.25, 0.3) is 0 Å². The van der Waals surface area contributed by atoms with Gasteiger partial charge in [-0.3, -0.25) is 14.9 Å². The molecule has 0 aliphatic rings. The molecule has 7 nitrogen and oxygen atoms in total. The molecular weight excluding hydrogens is 236 g/mol. The molecule has 1 rings (SSSR count). The molecule has 0 radical (unpaired) electrons. The number of nitro benzene ring substituents is 1. The number of carbonyl (C=O) groups excluding carboxylic acids is 1. The van der Waals surface area contributed by atoms with Crippen molar-refractivity contribution in [1.29, 1.82) is 0 Å². The Hall–Kier alpha value is -2.31. The minimum absolute atomic E-state index is 0.0405. The number of rotatable bonds is 5. The first-order valence-electron chi connectivity index (χ1n) is 5.46. The lowest BCUT2D eigenvalue weighted by atomic mass is 10.2. The summed E-state index contributed by atoms with van der Waals surface area (Å²) >= 11 is 0. The van der Waals surface area contributed by atoms with Gasteiger partial charge in [0.25, 0.3) is 5.69 Å². The summed E-state index contributed by atoms with van der Waals surface area (Å²) in [5.74, 6) is -0.185. The molecule has 0 unspecified atom stereocenters. The number of nitro groups is 1. The quantitative estimate of drug-likeness (QED) is 0.413. The standard InChI is InChI=1S/C11H16N4O3/c1-7(2)14-11(16)6-13-9-3-8(12)4-10(5-9)15(17)18/h3-5,7,13H,6,12H2,1-2H3,(H,14,16). The first-order valence-corrected chi connectivity index (χ1v) is 5.46. The minimum Gasteiger partial charge on any atom is -0.398 e. The molecule has 0 saturated carbocycles. The zero-order chi connectivity index (χ0) is 13.7. The average molecular weight is 252 g/mol. The number of hydrogen-bond acceptors (Lipinski definition) is 5. The summed E-state index contributed by atoms with van der Waals surface area (Å²) in [5, 5.41) is 16.1. The predicted octanol–water partition coefficient (Wildman–Crippen LogP) is 1.11. The molecule has 0 aliphatic heterocycles. The number of amides is 1. The zero-order valence-corrected chi connectivity index (χ0v) is 10.3. The molecule has 1 amide bonds. The van der Waals surface area contributed by atoms with Crippen molar-refractivity contribution in [3.05, 3.63) is 28.3 Å². The van der Waals surface area contributed by atoms with Gasteiger partial charge in [0, 0.05) is 29.5 Å². The lowest BCUT2D eigenvalue weighted by molar-refractivity contribution is -0.384. The zero-order valence-electron chi connectivity index (χ0n) is 10.3. The summed E-state index contributed by atoms with van der Waals surface area (Å²) in [6.45, 7) is 3.74. The number of non-ortho nitro benzene ring substituents is 1. The number of benzene rings is 1. The van der Waals surface area contributed by atoms with Gasteiger partial charge in [-0.15, -0.1) is 0 Å². The van der Waals surface area contributed by atoms with Gasteiger partial charge in [0.15, 0.2) is 0 Å². The number of carbonyl (C=O) groups is 1. The Labute approximate surface area is 105 Å². The third kappa shape index (κ3) is 4.28. The topological polar surface area (TPSA) is 110 Å². The van der Waals surface area contributed by atoms with E-state index in [0.717, 1.165) is 0 Å². The second-order valence-corrected chi connectivity index (χ2v) is 4.15. The molecule has 0 bridgehead atoms. The van der Waals surface area contributed by atoms with Crippen LogP contribution in [0.2, 0.25) is 0 Å². The maximum Gasteiger partial charge on any atom is 0.273 e. The van der Waals surface area contributed by atoms with E-state index >= 15 is 0 Å². The Morgan fingerprint density at radius 1 is 1.44 bits per heavy atom. The molecule has 98 valence electrons. The Kier molecular flexibility index (Phi) is 4.47. The molecule has 0 fully saturated rings. The van der Waals surface area contributed by atoms with Crippen molar-refractivity contribution in [3.8, 4) is 0 Å². The molecule has 0 aromatic heterocycles. The molecule has 0 heterocycles. The van der Waals surface area contributed by atoms with E-state index in [4.69, 9.17) is 5.73 Å². The van der Waals surface area contributed by atoms with Gasteiger partial charge < -0.3 is 16.4 Å². The molecule has 0 spiro atoms. The minimum atomic E-state index is -0.532. The highest BCUT2D eigenvalue weighted by molar-refractivity contribution is 5.81. The third-order valence-electron chi connectivity index (χ3n) is 2.05. The molecule has 0 aliphatic carbocycles. The van der Waals surface area contributed by atoms with E-state index in [9.17, 15) is 14.9 Å². The van der Waals surface area contributed by atoms with Gasteiger partial charge in [-0.1, -0.05) is 0 Å². The number of hydrogen-bond donors (Lipinski definition) is 3. The Morgan fingerprint density at radius 3 is 2.67 bits per heavy atom. The number of nitrogen functional groups attached to an aromatic ring is 1. The molecule has 4 N–H and O–H groups in total. The monoisotopic (exact) mass is 252 g/mol. The van der Waals surface area contributed by atoms with E-state index in [-0.39, 0.29) is 29.9 Å². The van der Waals surface area contributed by atoms with Crippen LogP contribution in [0.15, 0.2) is 18.2 Å². The smallest absolute Gasteiger partial charge is 0.273 e. The van der Waals surface area contributed by atoms with E-state index in [1.54, 1.807) is 0 Å². The first-order chi connectivity index (χ1) is 8.38. The fraction of sp³-hybridized carbons (Fsp3) is 0.364. The fourth-order valence-electron chi connectivity index (χ4n) is 1.40. The highest BCUT2D eigenvalue weighted by Crippen LogP contribution is 2.21. The van der Waals surface area contributed by atoms with E-state index in [2.05, 4.69) is 10.6 Å². The Balaban J connectivity index is 2.67. The molecule has 1 aromatic carbocycles. The van der Waals surface area contributed by atoms with Crippen LogP contribution >= 0.6 is 0 Å². The average Bonchev–Trinajstić information content (AvgIpc) is 2.24. The number of nitrogens with one attached hydrogen (secondary N) is 2. The fourth-order valence-corrected chi connectivity index (χ4v) is 1.40. The summed E-state index contributed by atoms with van der Waals surface area (Å²) in [5.41, 5.74) is 6.15. The normalized spacial score (nSPS) is 10.2. The highest BCUT2D eigenvalue weighted by atomic mass is 16.6. The summed E-state index contributed by atoms with van der Waals surface area (Å²) < 4.78 is 0. The van der Waals surface area contributed by atoms with Crippen molar-refractivity contribution in [1.82, 2.24) is 5.32 Å². The van der Waals surface area contributed by atoms with Crippen LogP contribution in [-0.2, 0) is 4.79 Å². The summed E-state index contributed by atoms with van der Waals surface area (Å²) in [7, 11) is 0. The van der Waals surface area contributed by atoms with Crippen LogP contribution in [0.5, 0.6) is 0 Å². The summed E-state index contributed by atoms with van der Waals surface area (Å²) in [6, 6.07) is 4.18. The maximum atomic E-state index is 11.4. The van der Waals surface area contributed by atoms with Gasteiger partial charge in [0.2, 0.25) is 5.91 Å². The van der Waals surface area contributed by atoms with Crippen LogP contribution in [0.4, 0.5) is 17.1 Å². The van der Waals surface area contributed by atoms with Crippen LogP contribution in [0, 0.1) is 10.1 Å². The largest absolute Gasteiger partial charge is 0.398 e. The van der Waals surface area contributed by atoms with E-state index in [1.165, 1.54) is 18.2 Å². The van der Waals surface area contributed by atoms with Crippen molar-refractivity contribution >= 4 is 23.0 Å². The maximum absolute atomic E-state index is 11.4. The molecule has 0 atom stereocenters. The third-order valence-corrected chi connectivity index (χ3v) is 2.05. The van der Waals surface area contributed by atoms with Crippen molar-refractivity contribution < 1.29 is 9.72 Å². The van der Waals surface area contributed by atoms with E-state index in [0.29, 0.717) is 5.69 Å². The van der Waals surface area contributed by atoms with Gasteiger partial charge >= 0.3 is 0 Å². The van der Waals surface area contributed by atoms with Crippen molar-refractivity contribution in [3.63, 3.8) is 0 Å². The van der Waals surface area contributed by atoms with Crippen molar-refractivity contribution in [2.45, 2.75) is 19.9 Å². The van der Waals surface area contributed by atoms with Crippen LogP contribution in [0.3, 0.4) is 0 Å². The van der Waals surface area contributed by atoms with Gasteiger partial charge in [-0.2, -0.15) is 0 Å². The van der Waals surface area contributed by atoms with Crippen LogP contribution in [0.1, 0.15) is 13.8 Å². The van der Waals surface area contributed by atoms with Crippen LogP contribution < -0.4 is 16.4 Å². The highest BCUT2D eigenvalue weighted by Gasteiger charge is 2.09. The lowest BCUT2D eigenvalue weighted by Crippen LogP contribution is -2.34. The van der Waals surface area contributed by atoms with Gasteiger partial charge in [-0.25, -0.2) is 0 Å². The first kappa shape index (κ1) is 13.8. The van der Waals surface area contributed by atoms with Gasteiger partial charge in [0.05, 0.1) is 11.5 Å². The molecule has 18 heavy (non-hydrogen) atoms. The van der Waals surface area contributed by atoms with E-state index < -0.39 is 4.92 Å².